The van der Waals surface area contributed by atoms with E-state index in [2.05, 4.69) is 73.1 Å². The molecular formula is C24H21BrS. The quantitative estimate of drug-likeness (QED) is 0.399. The molecule has 2 aliphatic carbocycles. The van der Waals surface area contributed by atoms with Crippen LogP contribution in [0.4, 0.5) is 0 Å². The smallest absolute Gasteiger partial charge is 0.0365 e. The molecule has 26 heavy (non-hydrogen) atoms. The van der Waals surface area contributed by atoms with E-state index in [0.717, 1.165) is 19.3 Å². The molecule has 0 saturated heterocycles. The van der Waals surface area contributed by atoms with Crippen LogP contribution in [0.1, 0.15) is 46.0 Å². The van der Waals surface area contributed by atoms with Crippen LogP contribution >= 0.6 is 27.3 Å². The predicted octanol–water partition coefficient (Wildman–Crippen LogP) is 7.64. The van der Waals surface area contributed by atoms with E-state index in [1.54, 1.807) is 11.1 Å². The molecule has 0 spiro atoms. The van der Waals surface area contributed by atoms with E-state index in [1.807, 2.05) is 11.3 Å². The van der Waals surface area contributed by atoms with Gasteiger partial charge in [0.25, 0.3) is 0 Å². The molecule has 0 aliphatic heterocycles. The van der Waals surface area contributed by atoms with Gasteiger partial charge >= 0.3 is 0 Å². The van der Waals surface area contributed by atoms with Crippen LogP contribution in [0.25, 0.3) is 21.7 Å². The van der Waals surface area contributed by atoms with Crippen LogP contribution in [0, 0.1) is 13.8 Å². The molecule has 0 fully saturated rings. The molecule has 0 unspecified atom stereocenters. The van der Waals surface area contributed by atoms with Gasteiger partial charge in [-0.25, -0.2) is 0 Å². The van der Waals surface area contributed by atoms with Crippen molar-refractivity contribution in [3.8, 4) is 0 Å². The van der Waals surface area contributed by atoms with Crippen molar-refractivity contribution in [1.29, 1.82) is 0 Å². The van der Waals surface area contributed by atoms with Gasteiger partial charge in [-0.1, -0.05) is 41.5 Å². The highest BCUT2D eigenvalue weighted by Crippen LogP contribution is 2.47. The highest BCUT2D eigenvalue weighted by Gasteiger charge is 2.26. The molecule has 0 radical (unpaired) electrons. The Bertz CT molecular complexity index is 1140. The minimum absolute atomic E-state index is 1.08. The van der Waals surface area contributed by atoms with Crippen molar-refractivity contribution in [1.82, 2.24) is 0 Å². The fourth-order valence-corrected chi connectivity index (χ4v) is 6.61. The summed E-state index contributed by atoms with van der Waals surface area (Å²) in [7, 11) is 0. The van der Waals surface area contributed by atoms with E-state index in [9.17, 15) is 0 Å². The monoisotopic (exact) mass is 420 g/mol. The Labute approximate surface area is 167 Å². The average molecular weight is 421 g/mol. The maximum atomic E-state index is 3.95. The molecule has 3 aromatic rings. The zero-order chi connectivity index (χ0) is 18.0. The first kappa shape index (κ1) is 16.5. The van der Waals surface area contributed by atoms with E-state index < -0.39 is 0 Å². The number of rotatable bonds is 2. The lowest BCUT2D eigenvalue weighted by Crippen LogP contribution is -1.91. The number of benzene rings is 2. The molecule has 0 atom stereocenters. The number of hydrogen-bond donors (Lipinski definition) is 0. The third kappa shape index (κ3) is 2.39. The van der Waals surface area contributed by atoms with Gasteiger partial charge in [0.1, 0.15) is 0 Å². The minimum atomic E-state index is 1.08. The topological polar surface area (TPSA) is 0 Å². The number of halogens is 1. The first-order valence-corrected chi connectivity index (χ1v) is 10.8. The average Bonchev–Trinajstić information content (AvgIpc) is 3.25. The van der Waals surface area contributed by atoms with Gasteiger partial charge in [-0.05, 0) is 95.4 Å². The number of hydrogen-bond acceptors (Lipinski definition) is 1. The highest BCUT2D eigenvalue weighted by molar-refractivity contribution is 9.10. The van der Waals surface area contributed by atoms with Crippen LogP contribution < -0.4 is 0 Å². The lowest BCUT2D eigenvalue weighted by Gasteiger charge is -2.10. The number of thiophene rings is 1. The lowest BCUT2D eigenvalue weighted by molar-refractivity contribution is 1.11. The molecule has 1 heterocycles. The number of fused-ring (bicyclic) bond motifs is 3. The summed E-state index contributed by atoms with van der Waals surface area (Å²) in [5, 5.41) is 1.42. The van der Waals surface area contributed by atoms with Crippen molar-refractivity contribution in [3.05, 3.63) is 78.6 Å². The van der Waals surface area contributed by atoms with Crippen molar-refractivity contribution in [2.75, 3.05) is 0 Å². The fraction of sp³-hybridized carbons (Fsp3) is 0.250. The molecule has 0 amide bonds. The maximum Gasteiger partial charge on any atom is 0.0365 e. The minimum Gasteiger partial charge on any atom is -0.140 e. The second-order valence-corrected chi connectivity index (χ2v) is 9.71. The summed E-state index contributed by atoms with van der Waals surface area (Å²) in [6.45, 7) is 6.80. The maximum absolute atomic E-state index is 3.95. The molecule has 2 aliphatic rings. The largest absolute Gasteiger partial charge is 0.140 e. The van der Waals surface area contributed by atoms with E-state index in [4.69, 9.17) is 0 Å². The summed E-state index contributed by atoms with van der Waals surface area (Å²) < 4.78 is 2.74. The molecule has 2 heteroatoms. The third-order valence-corrected chi connectivity index (χ3v) is 8.05. The lowest BCUT2D eigenvalue weighted by atomic mass is 9.96. The summed E-state index contributed by atoms with van der Waals surface area (Å²) in [6.07, 6.45) is 5.66. The van der Waals surface area contributed by atoms with Gasteiger partial charge in [0.2, 0.25) is 0 Å². The zero-order valence-corrected chi connectivity index (χ0v) is 17.8. The van der Waals surface area contributed by atoms with Gasteiger partial charge in [0, 0.05) is 19.4 Å². The van der Waals surface area contributed by atoms with Crippen molar-refractivity contribution in [2.24, 2.45) is 0 Å². The molecule has 1 aromatic heterocycles. The first-order chi connectivity index (χ1) is 12.5. The van der Waals surface area contributed by atoms with Crippen LogP contribution in [0.3, 0.4) is 0 Å². The molecule has 0 saturated carbocycles. The van der Waals surface area contributed by atoms with Crippen LogP contribution in [0.15, 0.2) is 46.0 Å². The zero-order valence-electron chi connectivity index (χ0n) is 15.4. The standard InChI is InChI=1S/C24H21BrS/c1-13-8-21-20(12-22-23(24(21)25)14(2)15(3)26-22)19(13)11-16-9-17-6-4-5-7-18(17)10-16/h4-7,9,12H,8,10-11H2,1-3H3. The molecule has 0 N–H and O–H groups in total. The summed E-state index contributed by atoms with van der Waals surface area (Å²) in [6, 6.07) is 11.3. The summed E-state index contributed by atoms with van der Waals surface area (Å²) in [5.74, 6) is 0. The molecular weight excluding hydrogens is 400 g/mol. The Morgan fingerprint density at radius 2 is 1.88 bits per heavy atom. The fourth-order valence-electron chi connectivity index (χ4n) is 4.50. The SMILES string of the molecule is CC1=C(CC2=Cc3ccccc3C2)c2cc3sc(C)c(C)c3c(Br)c2C1. The summed E-state index contributed by atoms with van der Waals surface area (Å²) in [5.41, 5.74) is 11.9. The van der Waals surface area contributed by atoms with E-state index in [0.29, 0.717) is 0 Å². The second kappa shape index (κ2) is 5.94. The Balaban J connectivity index is 1.57. The van der Waals surface area contributed by atoms with Gasteiger partial charge in [-0.3, -0.25) is 0 Å². The highest BCUT2D eigenvalue weighted by atomic mass is 79.9. The number of aryl methyl sites for hydroxylation is 2. The van der Waals surface area contributed by atoms with Gasteiger partial charge in [0.15, 0.2) is 0 Å². The first-order valence-electron chi connectivity index (χ1n) is 9.20. The molecule has 5 rings (SSSR count). The van der Waals surface area contributed by atoms with Crippen molar-refractivity contribution < 1.29 is 0 Å². The van der Waals surface area contributed by atoms with Crippen molar-refractivity contribution in [3.63, 3.8) is 0 Å². The van der Waals surface area contributed by atoms with Crippen LogP contribution in [-0.4, -0.2) is 0 Å². The molecule has 0 nitrogen and oxygen atoms in total. The van der Waals surface area contributed by atoms with Crippen LogP contribution in [0.5, 0.6) is 0 Å². The third-order valence-electron chi connectivity index (χ3n) is 6.02. The van der Waals surface area contributed by atoms with Gasteiger partial charge in [-0.15, -0.1) is 11.3 Å². The van der Waals surface area contributed by atoms with E-state index in [-0.39, 0.29) is 0 Å². The predicted molar refractivity (Wildman–Crippen MR) is 118 cm³/mol. The van der Waals surface area contributed by atoms with E-state index >= 15 is 0 Å². The molecule has 2 aromatic carbocycles. The Morgan fingerprint density at radius 3 is 2.69 bits per heavy atom. The Morgan fingerprint density at radius 1 is 1.08 bits per heavy atom. The normalized spacial score (nSPS) is 15.6. The molecule has 130 valence electrons. The Hall–Kier alpha value is -1.64. The van der Waals surface area contributed by atoms with Crippen LogP contribution in [0.2, 0.25) is 0 Å². The van der Waals surface area contributed by atoms with Crippen molar-refractivity contribution >= 4 is 49.0 Å². The van der Waals surface area contributed by atoms with Gasteiger partial charge in [-0.2, -0.15) is 0 Å². The summed E-state index contributed by atoms with van der Waals surface area (Å²) >= 11 is 5.88. The van der Waals surface area contributed by atoms with Crippen molar-refractivity contribution in [2.45, 2.75) is 40.0 Å². The van der Waals surface area contributed by atoms with E-state index in [1.165, 1.54) is 52.8 Å². The van der Waals surface area contributed by atoms with Gasteiger partial charge < -0.3 is 0 Å². The molecule has 0 bridgehead atoms. The van der Waals surface area contributed by atoms with Crippen LogP contribution in [-0.2, 0) is 12.8 Å². The second-order valence-electron chi connectivity index (χ2n) is 7.66. The Kier molecular flexibility index (Phi) is 3.77. The number of allylic oxidation sites excluding steroid dienone is 3. The van der Waals surface area contributed by atoms with Gasteiger partial charge in [0.05, 0.1) is 0 Å². The summed E-state index contributed by atoms with van der Waals surface area (Å²) in [4.78, 5) is 1.43.